The number of anilines is 1. The molecule has 0 aliphatic carbocycles. The Hall–Kier alpha value is -4.05. The molecule has 5 aromatic rings. The van der Waals surface area contributed by atoms with Crippen molar-refractivity contribution in [2.45, 2.75) is 35.6 Å². The molecule has 234 valence electrons. The van der Waals surface area contributed by atoms with E-state index >= 15 is 4.79 Å². The van der Waals surface area contributed by atoms with Crippen LogP contribution in [0.5, 0.6) is 0 Å². The third-order valence-corrected chi connectivity index (χ3v) is 10.7. The highest BCUT2D eigenvalue weighted by atomic mass is 35.5. The number of nitrogens with one attached hydrogen (secondary N) is 1. The number of amides is 2. The maximum absolute atomic E-state index is 15.1. The van der Waals surface area contributed by atoms with Crippen LogP contribution in [0.1, 0.15) is 29.2 Å². The maximum atomic E-state index is 15.1. The first-order valence-corrected chi connectivity index (χ1v) is 16.8. The number of carbonyl (C=O) groups is 2. The van der Waals surface area contributed by atoms with Crippen LogP contribution >= 0.6 is 35.0 Å². The molecular weight excluding hydrogens is 639 g/mol. The van der Waals surface area contributed by atoms with Crippen molar-refractivity contribution in [3.8, 4) is 0 Å². The van der Waals surface area contributed by atoms with Gasteiger partial charge in [0.25, 0.3) is 0 Å². The van der Waals surface area contributed by atoms with E-state index in [1.54, 1.807) is 18.5 Å². The lowest BCUT2D eigenvalue weighted by atomic mass is 9.90. The quantitative estimate of drug-likeness (QED) is 0.202. The van der Waals surface area contributed by atoms with Crippen LogP contribution in [-0.2, 0) is 16.1 Å². The number of fused-ring (bicyclic) bond motifs is 1. The van der Waals surface area contributed by atoms with Crippen LogP contribution in [0.2, 0.25) is 10.0 Å². The standard InChI is InChI=1S/C35H32Cl2N6O2S/c1-23-3-10-27(11-4-23)46-35(33(45)41-15-17-42(18-16-41)34-38-13-2-14-39-34)20-31(44)43(22-24-5-7-25(36)8-6-24)32(35)29-21-40-30-19-26(37)9-12-28(29)30/h2-14,19,21,32,40H,15-18,20,22H2,1H3. The van der Waals surface area contributed by atoms with E-state index in [4.69, 9.17) is 23.2 Å². The van der Waals surface area contributed by atoms with Gasteiger partial charge in [0, 0.05) is 82.7 Å². The molecule has 0 radical (unpaired) electrons. The van der Waals surface area contributed by atoms with E-state index < -0.39 is 10.8 Å². The third kappa shape index (κ3) is 5.83. The van der Waals surface area contributed by atoms with E-state index in [0.717, 1.165) is 32.5 Å². The lowest BCUT2D eigenvalue weighted by Gasteiger charge is -2.42. The number of thioether (sulfide) groups is 1. The van der Waals surface area contributed by atoms with Crippen LogP contribution in [0, 0.1) is 6.92 Å². The zero-order chi connectivity index (χ0) is 31.8. The molecule has 4 heterocycles. The summed E-state index contributed by atoms with van der Waals surface area (Å²) >= 11 is 14.1. The molecule has 1 N–H and O–H groups in total. The van der Waals surface area contributed by atoms with E-state index in [-0.39, 0.29) is 18.2 Å². The molecule has 0 bridgehead atoms. The van der Waals surface area contributed by atoms with Gasteiger partial charge in [0.15, 0.2) is 0 Å². The fraction of sp³-hybridized carbons (Fsp3) is 0.257. The summed E-state index contributed by atoms with van der Waals surface area (Å²) in [6, 6.07) is 22.6. The van der Waals surface area contributed by atoms with Gasteiger partial charge in [-0.3, -0.25) is 9.59 Å². The highest BCUT2D eigenvalue weighted by Gasteiger charge is 2.59. The summed E-state index contributed by atoms with van der Waals surface area (Å²) < 4.78 is -1.14. The van der Waals surface area contributed by atoms with Crippen LogP contribution in [0.3, 0.4) is 0 Å². The SMILES string of the molecule is Cc1ccc(SC2(C(=O)N3CCN(c4ncccn4)CC3)CC(=O)N(Cc3ccc(Cl)cc3)C2c2c[nH]c3cc(Cl)ccc23)cc1. The number of benzene rings is 3. The lowest BCUT2D eigenvalue weighted by molar-refractivity contribution is -0.135. The van der Waals surface area contributed by atoms with Crippen LogP contribution < -0.4 is 4.90 Å². The predicted molar refractivity (Wildman–Crippen MR) is 183 cm³/mol. The van der Waals surface area contributed by atoms with Gasteiger partial charge < -0.3 is 19.7 Å². The Morgan fingerprint density at radius 2 is 1.65 bits per heavy atom. The average Bonchev–Trinajstić information content (AvgIpc) is 3.60. The van der Waals surface area contributed by atoms with Gasteiger partial charge in [-0.15, -0.1) is 11.8 Å². The summed E-state index contributed by atoms with van der Waals surface area (Å²) in [5.74, 6) is 0.526. The molecule has 2 aromatic heterocycles. The van der Waals surface area contributed by atoms with E-state index in [9.17, 15) is 4.79 Å². The first kappa shape index (κ1) is 30.6. The van der Waals surface area contributed by atoms with Gasteiger partial charge >= 0.3 is 0 Å². The van der Waals surface area contributed by atoms with Crippen molar-refractivity contribution in [1.82, 2.24) is 24.8 Å². The Bertz CT molecular complexity index is 1880. The predicted octanol–water partition coefficient (Wildman–Crippen LogP) is 6.93. The van der Waals surface area contributed by atoms with Gasteiger partial charge in [-0.25, -0.2) is 9.97 Å². The van der Waals surface area contributed by atoms with Crippen LogP contribution in [0.15, 0.2) is 96.3 Å². The Morgan fingerprint density at radius 1 is 0.957 bits per heavy atom. The minimum Gasteiger partial charge on any atom is -0.361 e. The fourth-order valence-corrected chi connectivity index (χ4v) is 8.30. The van der Waals surface area contributed by atoms with Crippen molar-refractivity contribution in [3.63, 3.8) is 0 Å². The Labute approximate surface area is 281 Å². The van der Waals surface area contributed by atoms with Crippen molar-refractivity contribution >= 4 is 63.6 Å². The third-order valence-electron chi connectivity index (χ3n) is 8.81. The monoisotopic (exact) mass is 670 g/mol. The minimum absolute atomic E-state index is 0.0491. The number of aromatic amines is 1. The van der Waals surface area contributed by atoms with Gasteiger partial charge in [0.2, 0.25) is 17.8 Å². The number of hydrogen-bond donors (Lipinski definition) is 1. The summed E-state index contributed by atoms with van der Waals surface area (Å²) in [6.45, 7) is 4.56. The van der Waals surface area contributed by atoms with Crippen molar-refractivity contribution in [3.05, 3.63) is 118 Å². The minimum atomic E-state index is -1.14. The smallest absolute Gasteiger partial charge is 0.242 e. The second-order valence-corrected chi connectivity index (χ2v) is 14.1. The number of carbonyl (C=O) groups excluding carboxylic acids is 2. The van der Waals surface area contributed by atoms with Gasteiger partial charge in [-0.2, -0.15) is 0 Å². The number of rotatable bonds is 7. The molecule has 2 aliphatic rings. The largest absolute Gasteiger partial charge is 0.361 e. The highest BCUT2D eigenvalue weighted by molar-refractivity contribution is 8.01. The lowest BCUT2D eigenvalue weighted by Crippen LogP contribution is -2.56. The molecule has 0 saturated carbocycles. The van der Waals surface area contributed by atoms with Crippen molar-refractivity contribution in [2.24, 2.45) is 0 Å². The molecule has 2 saturated heterocycles. The number of H-pyrrole nitrogens is 1. The van der Waals surface area contributed by atoms with Crippen LogP contribution in [-0.4, -0.2) is 67.5 Å². The maximum Gasteiger partial charge on any atom is 0.242 e. The zero-order valence-corrected chi connectivity index (χ0v) is 27.5. The Morgan fingerprint density at radius 3 is 2.37 bits per heavy atom. The van der Waals surface area contributed by atoms with Crippen molar-refractivity contribution < 1.29 is 9.59 Å². The molecule has 3 aromatic carbocycles. The van der Waals surface area contributed by atoms with Gasteiger partial charge in [0.1, 0.15) is 4.75 Å². The summed E-state index contributed by atoms with van der Waals surface area (Å²) in [4.78, 5) is 48.4. The number of aryl methyl sites for hydroxylation is 1. The molecule has 46 heavy (non-hydrogen) atoms. The molecule has 2 amide bonds. The van der Waals surface area contributed by atoms with E-state index in [0.29, 0.717) is 48.7 Å². The molecule has 8 nitrogen and oxygen atoms in total. The normalized spacial score (nSPS) is 20.1. The van der Waals surface area contributed by atoms with Gasteiger partial charge in [-0.05, 0) is 55.0 Å². The van der Waals surface area contributed by atoms with Crippen molar-refractivity contribution in [2.75, 3.05) is 31.1 Å². The molecule has 2 fully saturated rings. The Balaban J connectivity index is 1.33. The van der Waals surface area contributed by atoms with Crippen molar-refractivity contribution in [1.29, 1.82) is 0 Å². The number of nitrogens with zero attached hydrogens (tertiary/aromatic N) is 5. The number of halogens is 2. The van der Waals surface area contributed by atoms with Gasteiger partial charge in [-0.1, -0.05) is 59.1 Å². The van der Waals surface area contributed by atoms with E-state index in [1.807, 2.05) is 89.7 Å². The number of aromatic nitrogens is 3. The molecule has 2 aliphatic heterocycles. The summed E-state index contributed by atoms with van der Waals surface area (Å²) in [7, 11) is 0. The van der Waals surface area contributed by atoms with Gasteiger partial charge in [0.05, 0.1) is 12.5 Å². The topological polar surface area (TPSA) is 85.4 Å². The highest BCUT2D eigenvalue weighted by Crippen LogP contribution is 2.55. The summed E-state index contributed by atoms with van der Waals surface area (Å²) in [6.07, 6.45) is 5.45. The number of likely N-dealkylation sites (tertiary alicyclic amines) is 1. The molecule has 0 spiro atoms. The summed E-state index contributed by atoms with van der Waals surface area (Å²) in [5.41, 5.74) is 3.80. The van der Waals surface area contributed by atoms with E-state index in [2.05, 4.69) is 19.9 Å². The number of hydrogen-bond acceptors (Lipinski definition) is 6. The molecular formula is C35H32Cl2N6O2S. The first-order chi connectivity index (χ1) is 22.3. The van der Waals surface area contributed by atoms with Crippen LogP contribution in [0.25, 0.3) is 10.9 Å². The fourth-order valence-electron chi connectivity index (χ4n) is 6.53. The molecule has 2 atom stereocenters. The molecule has 7 rings (SSSR count). The second kappa shape index (κ2) is 12.6. The van der Waals surface area contributed by atoms with E-state index in [1.165, 1.54) is 11.8 Å². The Kier molecular flexibility index (Phi) is 8.40. The zero-order valence-electron chi connectivity index (χ0n) is 25.2. The first-order valence-electron chi connectivity index (χ1n) is 15.2. The molecule has 2 unspecified atom stereocenters. The number of piperazine rings is 1. The average molecular weight is 672 g/mol. The second-order valence-electron chi connectivity index (χ2n) is 11.8. The molecule has 11 heteroatoms. The summed E-state index contributed by atoms with van der Waals surface area (Å²) in [5, 5.41) is 2.16. The van der Waals surface area contributed by atoms with Crippen LogP contribution in [0.4, 0.5) is 5.95 Å².